The minimum atomic E-state index is -0.878. The van der Waals surface area contributed by atoms with Gasteiger partial charge >= 0.3 is 5.97 Å². The number of unbranched alkanes of at least 4 members (excludes halogenated alkanes) is 6. The maximum Gasteiger partial charge on any atom is 0.328 e. The first-order chi connectivity index (χ1) is 12.2. The largest absolute Gasteiger partial charge is 0.478 e. The Morgan fingerprint density at radius 3 is 1.88 bits per heavy atom. The normalized spacial score (nSPS) is 13.1. The van der Waals surface area contributed by atoms with E-state index in [4.69, 9.17) is 5.11 Å². The summed E-state index contributed by atoms with van der Waals surface area (Å²) in [4.78, 5) is 10.5. The van der Waals surface area contributed by atoms with Crippen molar-refractivity contribution in [2.75, 3.05) is 0 Å². The van der Waals surface area contributed by atoms with E-state index in [9.17, 15) is 4.79 Å². The second kappa shape index (κ2) is 18.5. The molecular weight excluding hydrogens is 308 g/mol. The van der Waals surface area contributed by atoms with Crippen molar-refractivity contribution in [3.05, 3.63) is 60.3 Å². The van der Waals surface area contributed by atoms with E-state index in [0.29, 0.717) is 0 Å². The molecule has 0 aliphatic heterocycles. The molecule has 1 N–H and O–H groups in total. The van der Waals surface area contributed by atoms with E-state index in [-0.39, 0.29) is 0 Å². The van der Waals surface area contributed by atoms with Crippen molar-refractivity contribution in [3.63, 3.8) is 0 Å². The summed E-state index contributed by atoms with van der Waals surface area (Å²) in [5, 5.41) is 8.61. The molecule has 0 spiro atoms. The SMILES string of the molecule is CC/C=C/C/C=C/C/C=C/CCCCCCC/C=C/C(C)=C/C(=O)O. The van der Waals surface area contributed by atoms with Crippen LogP contribution in [0.3, 0.4) is 0 Å². The summed E-state index contributed by atoms with van der Waals surface area (Å²) in [5.74, 6) is -0.878. The molecule has 0 heterocycles. The third kappa shape index (κ3) is 20.1. The summed E-state index contributed by atoms with van der Waals surface area (Å²) in [5.41, 5.74) is 0.798. The number of allylic oxidation sites excluding steroid dienone is 9. The topological polar surface area (TPSA) is 37.3 Å². The van der Waals surface area contributed by atoms with Crippen LogP contribution in [0.15, 0.2) is 60.3 Å². The van der Waals surface area contributed by atoms with E-state index in [1.54, 1.807) is 0 Å². The number of hydrogen-bond donors (Lipinski definition) is 1. The van der Waals surface area contributed by atoms with Crippen molar-refractivity contribution in [1.82, 2.24) is 0 Å². The van der Waals surface area contributed by atoms with E-state index in [1.807, 2.05) is 13.0 Å². The Hall–Kier alpha value is -1.83. The Morgan fingerprint density at radius 1 is 0.760 bits per heavy atom. The average molecular weight is 345 g/mol. The van der Waals surface area contributed by atoms with Gasteiger partial charge < -0.3 is 5.11 Å². The minimum absolute atomic E-state index is 0.798. The molecule has 0 saturated heterocycles. The number of rotatable bonds is 15. The molecule has 25 heavy (non-hydrogen) atoms. The number of carboxylic acids is 1. The minimum Gasteiger partial charge on any atom is -0.478 e. The van der Waals surface area contributed by atoms with Gasteiger partial charge in [0.05, 0.1) is 0 Å². The molecular formula is C23H36O2. The number of aliphatic carboxylic acids is 1. The van der Waals surface area contributed by atoms with E-state index in [1.165, 1.54) is 44.6 Å². The highest BCUT2D eigenvalue weighted by atomic mass is 16.4. The fourth-order valence-electron chi connectivity index (χ4n) is 2.39. The highest BCUT2D eigenvalue weighted by molar-refractivity contribution is 5.81. The lowest BCUT2D eigenvalue weighted by Crippen LogP contribution is -1.87. The molecule has 0 saturated carbocycles. The Balaban J connectivity index is 3.41. The van der Waals surface area contributed by atoms with Crippen LogP contribution in [-0.4, -0.2) is 11.1 Å². The van der Waals surface area contributed by atoms with Crippen LogP contribution >= 0.6 is 0 Å². The summed E-state index contributed by atoms with van der Waals surface area (Å²) in [7, 11) is 0. The van der Waals surface area contributed by atoms with Crippen LogP contribution in [0.5, 0.6) is 0 Å². The zero-order chi connectivity index (χ0) is 18.6. The van der Waals surface area contributed by atoms with Crippen molar-refractivity contribution in [2.24, 2.45) is 0 Å². The summed E-state index contributed by atoms with van der Waals surface area (Å²) in [6, 6.07) is 0. The number of hydrogen-bond acceptors (Lipinski definition) is 1. The van der Waals surface area contributed by atoms with E-state index < -0.39 is 5.97 Å². The first kappa shape index (κ1) is 23.2. The van der Waals surface area contributed by atoms with Crippen molar-refractivity contribution in [1.29, 1.82) is 0 Å². The molecule has 0 radical (unpaired) electrons. The molecule has 0 aromatic carbocycles. The molecule has 140 valence electrons. The van der Waals surface area contributed by atoms with Gasteiger partial charge in [0.1, 0.15) is 0 Å². The fraction of sp³-hybridized carbons (Fsp3) is 0.522. The molecule has 0 aliphatic carbocycles. The molecule has 2 nitrogen and oxygen atoms in total. The zero-order valence-electron chi connectivity index (χ0n) is 16.1. The smallest absolute Gasteiger partial charge is 0.328 e. The molecule has 0 aromatic heterocycles. The predicted octanol–water partition coefficient (Wildman–Crippen LogP) is 7.16. The number of carboxylic acid groups (broad SMARTS) is 1. The van der Waals surface area contributed by atoms with E-state index >= 15 is 0 Å². The van der Waals surface area contributed by atoms with Gasteiger partial charge in [-0.15, -0.1) is 0 Å². The lowest BCUT2D eigenvalue weighted by Gasteiger charge is -1.98. The van der Waals surface area contributed by atoms with Crippen LogP contribution in [0.4, 0.5) is 0 Å². The predicted molar refractivity (Wildman–Crippen MR) is 110 cm³/mol. The van der Waals surface area contributed by atoms with Crippen LogP contribution in [0.1, 0.15) is 78.1 Å². The van der Waals surface area contributed by atoms with Gasteiger partial charge in [0.25, 0.3) is 0 Å². The lowest BCUT2D eigenvalue weighted by molar-refractivity contribution is -0.131. The third-order valence-corrected chi connectivity index (χ3v) is 3.75. The molecule has 0 aliphatic rings. The van der Waals surface area contributed by atoms with Crippen LogP contribution < -0.4 is 0 Å². The van der Waals surface area contributed by atoms with Crippen LogP contribution in [0.25, 0.3) is 0 Å². The third-order valence-electron chi connectivity index (χ3n) is 3.75. The molecule has 0 atom stereocenters. The quantitative estimate of drug-likeness (QED) is 0.148. The molecule has 0 unspecified atom stereocenters. The Bertz CT molecular complexity index is 464. The standard InChI is InChI=1S/C23H36O2/c1-3-4-5-6-7-8-9-10-11-12-13-14-15-16-17-18-19-20-22(2)21-23(24)25/h4-5,7-8,10-11,19-21H,3,6,9,12-18H2,1-2H3,(H,24,25)/b5-4+,8-7+,11-10+,20-19+,22-21+. The van der Waals surface area contributed by atoms with Crippen molar-refractivity contribution >= 4 is 5.97 Å². The van der Waals surface area contributed by atoms with Gasteiger partial charge in [0.15, 0.2) is 0 Å². The highest BCUT2D eigenvalue weighted by Gasteiger charge is 1.91. The molecule has 2 heteroatoms. The Morgan fingerprint density at radius 2 is 1.28 bits per heavy atom. The fourth-order valence-corrected chi connectivity index (χ4v) is 2.39. The molecule has 0 fully saturated rings. The van der Waals surface area contributed by atoms with Gasteiger partial charge in [-0.25, -0.2) is 4.79 Å². The van der Waals surface area contributed by atoms with E-state index in [0.717, 1.165) is 31.3 Å². The van der Waals surface area contributed by atoms with Crippen molar-refractivity contribution < 1.29 is 9.90 Å². The van der Waals surface area contributed by atoms with E-state index in [2.05, 4.69) is 49.5 Å². The first-order valence-corrected chi connectivity index (χ1v) is 9.69. The van der Waals surface area contributed by atoms with Crippen LogP contribution in [0, 0.1) is 0 Å². The maximum atomic E-state index is 10.5. The van der Waals surface area contributed by atoms with Crippen molar-refractivity contribution in [3.8, 4) is 0 Å². The van der Waals surface area contributed by atoms with Crippen LogP contribution in [0.2, 0.25) is 0 Å². The molecule has 0 amide bonds. The summed E-state index contributed by atoms with van der Waals surface area (Å²) in [6.45, 7) is 3.97. The lowest BCUT2D eigenvalue weighted by atomic mass is 10.1. The van der Waals surface area contributed by atoms with Gasteiger partial charge in [0.2, 0.25) is 0 Å². The summed E-state index contributed by atoms with van der Waals surface area (Å²) >= 11 is 0. The summed E-state index contributed by atoms with van der Waals surface area (Å²) in [6.07, 6.45) is 30.4. The zero-order valence-corrected chi connectivity index (χ0v) is 16.1. The second-order valence-electron chi connectivity index (χ2n) is 6.27. The summed E-state index contributed by atoms with van der Waals surface area (Å²) < 4.78 is 0. The Labute approximate surface area is 154 Å². The average Bonchev–Trinajstić information content (AvgIpc) is 2.57. The van der Waals surface area contributed by atoms with Gasteiger partial charge in [-0.2, -0.15) is 0 Å². The van der Waals surface area contributed by atoms with Gasteiger partial charge in [-0.05, 0) is 57.4 Å². The van der Waals surface area contributed by atoms with Gasteiger partial charge in [-0.1, -0.05) is 74.8 Å². The molecule has 0 rings (SSSR count). The maximum absolute atomic E-state index is 10.5. The second-order valence-corrected chi connectivity index (χ2v) is 6.27. The number of carbonyl (C=O) groups is 1. The van der Waals surface area contributed by atoms with Gasteiger partial charge in [0, 0.05) is 6.08 Å². The van der Waals surface area contributed by atoms with Crippen molar-refractivity contribution in [2.45, 2.75) is 78.1 Å². The van der Waals surface area contributed by atoms with Gasteiger partial charge in [-0.3, -0.25) is 0 Å². The molecule has 0 aromatic rings. The van der Waals surface area contributed by atoms with Crippen LogP contribution in [-0.2, 0) is 4.79 Å². The first-order valence-electron chi connectivity index (χ1n) is 9.69. The monoisotopic (exact) mass is 344 g/mol. The Kier molecular flexibility index (Phi) is 17.2. The highest BCUT2D eigenvalue weighted by Crippen LogP contribution is 2.09. The molecule has 0 bridgehead atoms.